The quantitative estimate of drug-likeness (QED) is 0.800. The van der Waals surface area contributed by atoms with Gasteiger partial charge in [-0.2, -0.15) is 0 Å². The van der Waals surface area contributed by atoms with Crippen LogP contribution >= 0.6 is 28.1 Å². The van der Waals surface area contributed by atoms with Crippen LogP contribution in [0.1, 0.15) is 18.4 Å². The van der Waals surface area contributed by atoms with Crippen molar-refractivity contribution in [2.45, 2.75) is 12.8 Å². The maximum Gasteiger partial charge on any atom is 0.233 e. The first-order valence-electron chi connectivity index (χ1n) is 5.47. The van der Waals surface area contributed by atoms with Crippen molar-refractivity contribution in [1.29, 1.82) is 0 Å². The van der Waals surface area contributed by atoms with E-state index in [-0.39, 0.29) is 10.7 Å². The number of hydrogen-bond donors (Lipinski definition) is 2. The number of anilines is 1. The molecule has 18 heavy (non-hydrogen) atoms. The molecule has 3 N–H and O–H groups in total. The maximum atomic E-state index is 11.8. The fourth-order valence-corrected chi connectivity index (χ4v) is 3.84. The Hall–Kier alpha value is -0.660. The average molecular weight is 349 g/mol. The minimum Gasteiger partial charge on any atom is -0.389 e. The number of rotatable bonds is 5. The summed E-state index contributed by atoms with van der Waals surface area (Å²) in [7, 11) is -3.27. The molecule has 1 aliphatic rings. The molecule has 0 aromatic heterocycles. The summed E-state index contributed by atoms with van der Waals surface area (Å²) in [5.41, 5.74) is 6.71. The van der Waals surface area contributed by atoms with Crippen LogP contribution in [0.5, 0.6) is 0 Å². The van der Waals surface area contributed by atoms with Crippen LogP contribution in [0.4, 0.5) is 5.69 Å². The van der Waals surface area contributed by atoms with Crippen molar-refractivity contribution in [3.05, 3.63) is 28.2 Å². The summed E-state index contributed by atoms with van der Waals surface area (Å²) < 4.78 is 26.9. The van der Waals surface area contributed by atoms with Gasteiger partial charge in [-0.15, -0.1) is 0 Å². The molecule has 0 aliphatic heterocycles. The summed E-state index contributed by atoms with van der Waals surface area (Å²) in [6, 6.07) is 5.06. The van der Waals surface area contributed by atoms with Crippen LogP contribution in [-0.2, 0) is 10.0 Å². The molecule has 1 fully saturated rings. The van der Waals surface area contributed by atoms with E-state index in [1.165, 1.54) is 0 Å². The Bertz CT molecular complexity index is 583. The molecular formula is C11H13BrN2O2S2. The molecule has 1 aromatic rings. The van der Waals surface area contributed by atoms with E-state index in [4.69, 9.17) is 18.0 Å². The third-order valence-electron chi connectivity index (χ3n) is 2.67. The predicted octanol–water partition coefficient (Wildman–Crippen LogP) is 2.24. The van der Waals surface area contributed by atoms with Crippen LogP contribution in [0.2, 0.25) is 0 Å². The van der Waals surface area contributed by atoms with E-state index in [9.17, 15) is 8.42 Å². The summed E-state index contributed by atoms with van der Waals surface area (Å²) in [4.78, 5) is 0.281. The second-order valence-corrected chi connectivity index (χ2v) is 7.45. The van der Waals surface area contributed by atoms with Gasteiger partial charge in [-0.05, 0) is 52.9 Å². The van der Waals surface area contributed by atoms with Crippen molar-refractivity contribution < 1.29 is 8.42 Å². The number of halogens is 1. The zero-order valence-electron chi connectivity index (χ0n) is 9.52. The molecule has 0 radical (unpaired) electrons. The molecule has 1 saturated carbocycles. The fraction of sp³-hybridized carbons (Fsp3) is 0.364. The van der Waals surface area contributed by atoms with E-state index in [0.717, 1.165) is 12.8 Å². The molecule has 0 saturated heterocycles. The number of nitrogens with two attached hydrogens (primary N) is 1. The second-order valence-electron chi connectivity index (χ2n) is 4.39. The molecule has 2 rings (SSSR count). The lowest BCUT2D eigenvalue weighted by Gasteiger charge is -2.10. The van der Waals surface area contributed by atoms with Crippen molar-refractivity contribution in [1.82, 2.24) is 0 Å². The van der Waals surface area contributed by atoms with Crippen LogP contribution in [0.15, 0.2) is 22.7 Å². The number of nitrogens with one attached hydrogen (secondary N) is 1. The molecular weight excluding hydrogens is 336 g/mol. The van der Waals surface area contributed by atoms with Gasteiger partial charge in [0, 0.05) is 10.0 Å². The van der Waals surface area contributed by atoms with Crippen molar-refractivity contribution in [2.24, 2.45) is 11.7 Å². The summed E-state index contributed by atoms with van der Waals surface area (Å²) in [5, 5.41) is 0. The molecule has 0 unspecified atom stereocenters. The zero-order chi connectivity index (χ0) is 13.3. The monoisotopic (exact) mass is 348 g/mol. The number of sulfonamides is 1. The molecule has 4 nitrogen and oxygen atoms in total. The molecule has 1 aromatic carbocycles. The lowest BCUT2D eigenvalue weighted by Crippen LogP contribution is -2.18. The van der Waals surface area contributed by atoms with Gasteiger partial charge in [-0.1, -0.05) is 12.2 Å². The Balaban J connectivity index is 2.16. The Morgan fingerprint density at radius 2 is 2.17 bits per heavy atom. The maximum absolute atomic E-state index is 11.8. The minimum absolute atomic E-state index is 0.191. The van der Waals surface area contributed by atoms with Crippen LogP contribution in [0, 0.1) is 5.92 Å². The van der Waals surface area contributed by atoms with Gasteiger partial charge in [0.25, 0.3) is 0 Å². The van der Waals surface area contributed by atoms with E-state index < -0.39 is 10.0 Å². The van der Waals surface area contributed by atoms with E-state index >= 15 is 0 Å². The Morgan fingerprint density at radius 1 is 1.50 bits per heavy atom. The highest BCUT2D eigenvalue weighted by Gasteiger charge is 2.28. The van der Waals surface area contributed by atoms with Crippen molar-refractivity contribution in [3.63, 3.8) is 0 Å². The largest absolute Gasteiger partial charge is 0.389 e. The van der Waals surface area contributed by atoms with Crippen LogP contribution in [0.3, 0.4) is 0 Å². The van der Waals surface area contributed by atoms with Crippen molar-refractivity contribution in [2.75, 3.05) is 10.5 Å². The van der Waals surface area contributed by atoms with Gasteiger partial charge in [-0.3, -0.25) is 4.72 Å². The third kappa shape index (κ3) is 3.66. The first-order chi connectivity index (χ1) is 8.37. The second kappa shape index (κ2) is 5.14. The van der Waals surface area contributed by atoms with Crippen LogP contribution in [0.25, 0.3) is 0 Å². The number of hydrogen-bond acceptors (Lipinski definition) is 3. The summed E-state index contributed by atoms with van der Waals surface area (Å²) >= 11 is 8.17. The van der Waals surface area contributed by atoms with Gasteiger partial charge in [0.2, 0.25) is 10.0 Å². The van der Waals surface area contributed by atoms with Gasteiger partial charge < -0.3 is 5.73 Å². The predicted molar refractivity (Wildman–Crippen MR) is 80.2 cm³/mol. The lowest BCUT2D eigenvalue weighted by molar-refractivity contribution is 0.597. The smallest absolute Gasteiger partial charge is 0.233 e. The van der Waals surface area contributed by atoms with Gasteiger partial charge in [0.15, 0.2) is 0 Å². The number of thiocarbonyl (C=S) groups is 1. The van der Waals surface area contributed by atoms with Gasteiger partial charge >= 0.3 is 0 Å². The molecule has 0 spiro atoms. The van der Waals surface area contributed by atoms with Gasteiger partial charge in [0.1, 0.15) is 4.99 Å². The molecule has 7 heteroatoms. The summed E-state index contributed by atoms with van der Waals surface area (Å²) in [6.45, 7) is 0. The normalized spacial score (nSPS) is 15.4. The van der Waals surface area contributed by atoms with Crippen LogP contribution < -0.4 is 10.5 Å². The molecule has 0 heterocycles. The third-order valence-corrected chi connectivity index (χ3v) is 5.00. The molecule has 0 bridgehead atoms. The van der Waals surface area contributed by atoms with Gasteiger partial charge in [-0.25, -0.2) is 8.42 Å². The summed E-state index contributed by atoms with van der Waals surface area (Å²) in [6.07, 6.45) is 2.00. The number of benzene rings is 1. The van der Waals surface area contributed by atoms with E-state index in [1.807, 2.05) is 0 Å². The molecule has 0 amide bonds. The Morgan fingerprint density at radius 3 is 2.67 bits per heavy atom. The highest BCUT2D eigenvalue weighted by molar-refractivity contribution is 9.10. The molecule has 98 valence electrons. The van der Waals surface area contributed by atoms with Crippen molar-refractivity contribution >= 4 is 48.8 Å². The van der Waals surface area contributed by atoms with Crippen molar-refractivity contribution in [3.8, 4) is 0 Å². The Labute approximate surface area is 120 Å². The van der Waals surface area contributed by atoms with Gasteiger partial charge in [0.05, 0.1) is 11.4 Å². The summed E-state index contributed by atoms with van der Waals surface area (Å²) in [5.74, 6) is 0.508. The van der Waals surface area contributed by atoms with Crippen LogP contribution in [-0.4, -0.2) is 19.2 Å². The topological polar surface area (TPSA) is 72.2 Å². The lowest BCUT2D eigenvalue weighted by atomic mass is 10.2. The highest BCUT2D eigenvalue weighted by atomic mass is 79.9. The van der Waals surface area contributed by atoms with E-state index in [2.05, 4.69) is 20.7 Å². The minimum atomic E-state index is -3.27. The zero-order valence-corrected chi connectivity index (χ0v) is 12.7. The van der Waals surface area contributed by atoms with E-state index in [0.29, 0.717) is 21.6 Å². The molecule has 1 aliphatic carbocycles. The molecule has 0 atom stereocenters. The standard InChI is InChI=1S/C11H13BrN2O2S2/c12-9-5-8(11(13)17)3-4-10(9)14-18(15,16)6-7-1-2-7/h3-5,7,14H,1-2,6H2,(H2,13,17). The fourth-order valence-electron chi connectivity index (χ4n) is 1.56. The highest BCUT2D eigenvalue weighted by Crippen LogP contribution is 2.31. The SMILES string of the molecule is NC(=S)c1ccc(NS(=O)(=O)CC2CC2)c(Br)c1. The first-order valence-corrected chi connectivity index (χ1v) is 8.32. The first kappa shape index (κ1) is 13.8. The van der Waals surface area contributed by atoms with E-state index in [1.54, 1.807) is 18.2 Å². The Kier molecular flexibility index (Phi) is 3.93. The average Bonchev–Trinajstić information content (AvgIpc) is 3.03.